The van der Waals surface area contributed by atoms with Crippen LogP contribution in [0.5, 0.6) is 17.2 Å². The highest BCUT2D eigenvalue weighted by Crippen LogP contribution is 2.33. The van der Waals surface area contributed by atoms with Gasteiger partial charge in [-0.15, -0.1) is 0 Å². The van der Waals surface area contributed by atoms with E-state index in [4.69, 9.17) is 14.2 Å². The number of hydrogen-bond acceptors (Lipinski definition) is 4. The number of nitrogens with zero attached hydrogens (tertiary/aromatic N) is 1. The van der Waals surface area contributed by atoms with Gasteiger partial charge in [0.2, 0.25) is 6.79 Å². The van der Waals surface area contributed by atoms with Crippen LogP contribution >= 0.6 is 0 Å². The summed E-state index contributed by atoms with van der Waals surface area (Å²) in [6, 6.07) is 29.8. The van der Waals surface area contributed by atoms with E-state index in [1.165, 1.54) is 27.5 Å². The summed E-state index contributed by atoms with van der Waals surface area (Å²) in [5.74, 6) is 2.64. The van der Waals surface area contributed by atoms with Gasteiger partial charge >= 0.3 is 0 Å². The molecule has 0 atom stereocenters. The predicted octanol–water partition coefficient (Wildman–Crippen LogP) is 6.21. The number of hydrogen-bond donors (Lipinski definition) is 0. The smallest absolute Gasteiger partial charge is 0.231 e. The van der Waals surface area contributed by atoms with E-state index in [1.54, 1.807) is 0 Å². The summed E-state index contributed by atoms with van der Waals surface area (Å²) in [7, 11) is 0. The Bertz CT molecular complexity index is 1230. The van der Waals surface area contributed by atoms with E-state index in [0.717, 1.165) is 43.3 Å². The lowest BCUT2D eigenvalue weighted by Crippen LogP contribution is -2.26. The zero-order chi connectivity index (χ0) is 22.5. The first-order valence-corrected chi connectivity index (χ1v) is 11.6. The molecule has 1 heterocycles. The quantitative estimate of drug-likeness (QED) is 0.310. The van der Waals surface area contributed by atoms with Gasteiger partial charge in [0.25, 0.3) is 0 Å². The maximum absolute atomic E-state index is 5.91. The first-order chi connectivity index (χ1) is 16.3. The van der Waals surface area contributed by atoms with Crippen molar-refractivity contribution in [2.24, 2.45) is 0 Å². The second kappa shape index (κ2) is 9.97. The second-order valence-corrected chi connectivity index (χ2v) is 8.33. The maximum Gasteiger partial charge on any atom is 0.231 e. The molecule has 0 saturated carbocycles. The summed E-state index contributed by atoms with van der Waals surface area (Å²) in [6.45, 7) is 5.61. The molecule has 5 rings (SSSR count). The monoisotopic (exact) mass is 439 g/mol. The molecule has 4 nitrogen and oxygen atoms in total. The van der Waals surface area contributed by atoms with E-state index in [9.17, 15) is 0 Å². The minimum Gasteiger partial charge on any atom is -0.494 e. The Balaban J connectivity index is 1.40. The summed E-state index contributed by atoms with van der Waals surface area (Å²) >= 11 is 0. The molecule has 0 amide bonds. The Labute approximate surface area is 195 Å². The van der Waals surface area contributed by atoms with Crippen LogP contribution in [0.4, 0.5) is 0 Å². The van der Waals surface area contributed by atoms with E-state index >= 15 is 0 Å². The second-order valence-electron chi connectivity index (χ2n) is 8.33. The van der Waals surface area contributed by atoms with Crippen LogP contribution in [0.15, 0.2) is 84.9 Å². The van der Waals surface area contributed by atoms with Gasteiger partial charge in [-0.2, -0.15) is 0 Å². The molecular weight excluding hydrogens is 410 g/mol. The molecule has 1 aliphatic heterocycles. The fraction of sp³-hybridized carbons (Fsp3) is 0.241. The highest BCUT2D eigenvalue weighted by atomic mass is 16.7. The number of fused-ring (bicyclic) bond motifs is 2. The fourth-order valence-electron chi connectivity index (χ4n) is 4.44. The lowest BCUT2D eigenvalue weighted by atomic mass is 10.0. The van der Waals surface area contributed by atoms with Gasteiger partial charge in [0.1, 0.15) is 5.75 Å². The van der Waals surface area contributed by atoms with Crippen molar-refractivity contribution in [2.75, 3.05) is 19.9 Å². The number of para-hydroxylation sites is 1. The molecule has 168 valence electrons. The molecule has 4 heteroatoms. The van der Waals surface area contributed by atoms with E-state index in [1.807, 2.05) is 19.1 Å². The third kappa shape index (κ3) is 4.96. The number of benzene rings is 4. The molecular formula is C29H29NO3. The van der Waals surface area contributed by atoms with Crippen molar-refractivity contribution >= 4 is 10.8 Å². The normalized spacial score (nSPS) is 12.4. The lowest BCUT2D eigenvalue weighted by Gasteiger charge is -2.24. The molecule has 0 radical (unpaired) electrons. The Morgan fingerprint density at radius 2 is 1.55 bits per heavy atom. The summed E-state index contributed by atoms with van der Waals surface area (Å²) < 4.78 is 17.0. The SMILES string of the molecule is CCOc1ccccc1CN(CCc1ccc2c(c1)OCO2)Cc1cccc2ccccc12. The van der Waals surface area contributed by atoms with Crippen molar-refractivity contribution < 1.29 is 14.2 Å². The Morgan fingerprint density at radius 1 is 0.788 bits per heavy atom. The Hall–Kier alpha value is -3.50. The van der Waals surface area contributed by atoms with Crippen LogP contribution in [-0.2, 0) is 19.5 Å². The van der Waals surface area contributed by atoms with Crippen molar-refractivity contribution in [3.8, 4) is 17.2 Å². The van der Waals surface area contributed by atoms with Crippen LogP contribution < -0.4 is 14.2 Å². The minimum atomic E-state index is 0.306. The summed E-state index contributed by atoms with van der Waals surface area (Å²) in [5, 5.41) is 2.59. The van der Waals surface area contributed by atoms with E-state index in [0.29, 0.717) is 13.4 Å². The van der Waals surface area contributed by atoms with Crippen LogP contribution in [0.2, 0.25) is 0 Å². The zero-order valence-corrected chi connectivity index (χ0v) is 19.0. The molecule has 0 unspecified atom stereocenters. The van der Waals surface area contributed by atoms with Gasteiger partial charge < -0.3 is 14.2 Å². The molecule has 33 heavy (non-hydrogen) atoms. The molecule has 1 aliphatic rings. The third-order valence-corrected chi connectivity index (χ3v) is 6.09. The molecule has 0 aliphatic carbocycles. The minimum absolute atomic E-state index is 0.306. The molecule has 4 aromatic carbocycles. The van der Waals surface area contributed by atoms with Crippen LogP contribution in [-0.4, -0.2) is 24.8 Å². The Morgan fingerprint density at radius 3 is 2.48 bits per heavy atom. The molecule has 0 saturated heterocycles. The summed E-state index contributed by atoms with van der Waals surface area (Å²) in [4.78, 5) is 2.50. The molecule has 4 aromatic rings. The molecule has 0 fully saturated rings. The van der Waals surface area contributed by atoms with Crippen molar-refractivity contribution in [1.82, 2.24) is 4.90 Å². The summed E-state index contributed by atoms with van der Waals surface area (Å²) in [6.07, 6.45) is 0.929. The average molecular weight is 440 g/mol. The van der Waals surface area contributed by atoms with Gasteiger partial charge in [-0.25, -0.2) is 0 Å². The van der Waals surface area contributed by atoms with E-state index < -0.39 is 0 Å². The van der Waals surface area contributed by atoms with Crippen molar-refractivity contribution in [2.45, 2.75) is 26.4 Å². The predicted molar refractivity (Wildman–Crippen MR) is 132 cm³/mol. The topological polar surface area (TPSA) is 30.9 Å². The van der Waals surface area contributed by atoms with Crippen LogP contribution in [0.3, 0.4) is 0 Å². The van der Waals surface area contributed by atoms with Gasteiger partial charge in [-0.3, -0.25) is 4.90 Å². The van der Waals surface area contributed by atoms with E-state index in [2.05, 4.69) is 77.7 Å². The van der Waals surface area contributed by atoms with Crippen LogP contribution in [0.1, 0.15) is 23.6 Å². The fourth-order valence-corrected chi connectivity index (χ4v) is 4.44. The van der Waals surface area contributed by atoms with Gasteiger partial charge in [-0.1, -0.05) is 66.7 Å². The number of rotatable bonds is 9. The standard InChI is InChI=1S/C29H29NO3/c1-2-31-27-13-6-4-9-25(27)20-30(17-16-22-14-15-28-29(18-22)33-21-32-28)19-24-11-7-10-23-8-3-5-12-26(23)24/h3-15,18H,2,16-17,19-21H2,1H3. The molecule has 0 N–H and O–H groups in total. The zero-order valence-electron chi connectivity index (χ0n) is 19.0. The van der Waals surface area contributed by atoms with Crippen molar-refractivity contribution in [3.63, 3.8) is 0 Å². The first-order valence-electron chi connectivity index (χ1n) is 11.6. The van der Waals surface area contributed by atoms with Crippen LogP contribution in [0, 0.1) is 0 Å². The third-order valence-electron chi connectivity index (χ3n) is 6.09. The molecule has 0 bridgehead atoms. The highest BCUT2D eigenvalue weighted by Gasteiger charge is 2.16. The molecule has 0 spiro atoms. The van der Waals surface area contributed by atoms with Gasteiger partial charge in [0.05, 0.1) is 6.61 Å². The summed E-state index contributed by atoms with van der Waals surface area (Å²) in [5.41, 5.74) is 3.80. The van der Waals surface area contributed by atoms with Gasteiger partial charge in [-0.05, 0) is 53.4 Å². The largest absolute Gasteiger partial charge is 0.494 e. The molecule has 0 aromatic heterocycles. The van der Waals surface area contributed by atoms with Gasteiger partial charge in [0, 0.05) is 25.2 Å². The van der Waals surface area contributed by atoms with E-state index in [-0.39, 0.29) is 0 Å². The van der Waals surface area contributed by atoms with Crippen molar-refractivity contribution in [3.05, 3.63) is 102 Å². The number of ether oxygens (including phenoxy) is 3. The van der Waals surface area contributed by atoms with Crippen LogP contribution in [0.25, 0.3) is 10.8 Å². The maximum atomic E-state index is 5.91. The average Bonchev–Trinajstić information content (AvgIpc) is 3.32. The first kappa shape index (κ1) is 21.4. The highest BCUT2D eigenvalue weighted by molar-refractivity contribution is 5.85. The Kier molecular flexibility index (Phi) is 6.45. The lowest BCUT2D eigenvalue weighted by molar-refractivity contribution is 0.174. The van der Waals surface area contributed by atoms with Crippen molar-refractivity contribution in [1.29, 1.82) is 0 Å². The van der Waals surface area contributed by atoms with Gasteiger partial charge in [0.15, 0.2) is 11.5 Å².